The molecule has 1 N–H and O–H groups in total. The number of ether oxygens (including phenoxy) is 3. The predicted octanol–water partition coefficient (Wildman–Crippen LogP) is 3.39. The van der Waals surface area contributed by atoms with Crippen LogP contribution in [0.4, 0.5) is 10.5 Å². The van der Waals surface area contributed by atoms with Crippen LogP contribution in [0.1, 0.15) is 19.8 Å². The van der Waals surface area contributed by atoms with Gasteiger partial charge in [-0.1, -0.05) is 11.6 Å². The van der Waals surface area contributed by atoms with Gasteiger partial charge in [-0.3, -0.25) is 0 Å². The van der Waals surface area contributed by atoms with Gasteiger partial charge in [0.05, 0.1) is 31.0 Å². The minimum Gasteiger partial charge on any atom is -0.493 e. The van der Waals surface area contributed by atoms with Crippen LogP contribution in [0.3, 0.4) is 0 Å². The van der Waals surface area contributed by atoms with Crippen LogP contribution >= 0.6 is 11.6 Å². The Morgan fingerprint density at radius 1 is 1.35 bits per heavy atom. The third kappa shape index (κ3) is 4.42. The maximum atomic E-state index is 12.5. The molecule has 0 radical (unpaired) electrons. The minimum absolute atomic E-state index is 0.0976. The Morgan fingerprint density at radius 3 is 2.70 bits per heavy atom. The summed E-state index contributed by atoms with van der Waals surface area (Å²) < 4.78 is 16.0. The van der Waals surface area contributed by atoms with Crippen molar-refractivity contribution in [3.63, 3.8) is 0 Å². The summed E-state index contributed by atoms with van der Waals surface area (Å²) in [4.78, 5) is 14.2. The van der Waals surface area contributed by atoms with Crippen LogP contribution in [0.15, 0.2) is 12.1 Å². The van der Waals surface area contributed by atoms with Crippen molar-refractivity contribution in [2.45, 2.75) is 25.9 Å². The number of nitrogens with one attached hydrogen (secondary N) is 1. The van der Waals surface area contributed by atoms with Gasteiger partial charge in [0.2, 0.25) is 0 Å². The molecule has 1 heterocycles. The quantitative estimate of drug-likeness (QED) is 0.891. The lowest BCUT2D eigenvalue weighted by molar-refractivity contribution is 0.0181. The van der Waals surface area contributed by atoms with Crippen molar-refractivity contribution in [1.82, 2.24) is 4.90 Å². The lowest BCUT2D eigenvalue weighted by atomic mass is 10.1. The number of halogens is 1. The zero-order valence-electron chi connectivity index (χ0n) is 13.7. The monoisotopic (exact) mass is 342 g/mol. The third-order valence-electron chi connectivity index (χ3n) is 3.78. The summed E-state index contributed by atoms with van der Waals surface area (Å²) in [6.07, 6.45) is 2.01. The Bertz CT molecular complexity index is 551. The first-order valence-corrected chi connectivity index (χ1v) is 8.05. The average Bonchev–Trinajstić information content (AvgIpc) is 2.56. The lowest BCUT2D eigenvalue weighted by Gasteiger charge is -2.32. The van der Waals surface area contributed by atoms with Crippen LogP contribution in [0.25, 0.3) is 0 Å². The maximum Gasteiger partial charge on any atom is 0.321 e. The zero-order chi connectivity index (χ0) is 16.8. The molecule has 0 spiro atoms. The number of amides is 2. The number of hydrogen-bond acceptors (Lipinski definition) is 4. The largest absolute Gasteiger partial charge is 0.493 e. The van der Waals surface area contributed by atoms with Gasteiger partial charge >= 0.3 is 6.03 Å². The number of carbonyl (C=O) groups excluding carboxylic acids is 1. The number of benzene rings is 1. The Kier molecular flexibility index (Phi) is 6.36. The summed E-state index contributed by atoms with van der Waals surface area (Å²) in [5, 5.41) is 3.23. The van der Waals surface area contributed by atoms with E-state index in [1.807, 2.05) is 6.92 Å². The van der Waals surface area contributed by atoms with Gasteiger partial charge in [0.15, 0.2) is 11.5 Å². The van der Waals surface area contributed by atoms with Crippen LogP contribution < -0.4 is 14.8 Å². The molecule has 0 aliphatic carbocycles. The van der Waals surface area contributed by atoms with E-state index in [0.717, 1.165) is 12.8 Å². The zero-order valence-corrected chi connectivity index (χ0v) is 14.5. The number of carbonyl (C=O) groups is 1. The van der Waals surface area contributed by atoms with Crippen molar-refractivity contribution in [1.29, 1.82) is 0 Å². The minimum atomic E-state index is -0.191. The topological polar surface area (TPSA) is 60.0 Å². The van der Waals surface area contributed by atoms with Gasteiger partial charge in [-0.15, -0.1) is 0 Å². The smallest absolute Gasteiger partial charge is 0.321 e. The molecule has 2 rings (SSSR count). The molecule has 1 atom stereocenters. The molecule has 0 unspecified atom stereocenters. The lowest BCUT2D eigenvalue weighted by Crippen LogP contribution is -2.45. The SMILES string of the molecule is CCO[C@H]1CCCN(C(=O)Nc2cc(OC)c(OC)cc2Cl)C1. The molecule has 1 saturated heterocycles. The number of rotatable bonds is 5. The van der Waals surface area contributed by atoms with Crippen LogP contribution in [-0.2, 0) is 4.74 Å². The van der Waals surface area contributed by atoms with Gasteiger partial charge in [0.1, 0.15) is 0 Å². The van der Waals surface area contributed by atoms with E-state index in [-0.39, 0.29) is 12.1 Å². The number of methoxy groups -OCH3 is 2. The molecule has 7 heteroatoms. The summed E-state index contributed by atoms with van der Waals surface area (Å²) >= 11 is 6.21. The molecule has 0 bridgehead atoms. The van der Waals surface area contributed by atoms with E-state index in [9.17, 15) is 4.79 Å². The normalized spacial score (nSPS) is 17.7. The van der Waals surface area contributed by atoms with E-state index in [2.05, 4.69) is 5.32 Å². The first-order valence-electron chi connectivity index (χ1n) is 7.68. The standard InChI is InChI=1S/C16H23ClN2O4/c1-4-23-11-6-5-7-19(10-11)16(20)18-13-9-15(22-3)14(21-2)8-12(13)17/h8-9,11H,4-7,10H2,1-3H3,(H,18,20)/t11-/m0/s1. The first kappa shape index (κ1) is 17.7. The van der Waals surface area contributed by atoms with Gasteiger partial charge in [0.25, 0.3) is 0 Å². The number of hydrogen-bond donors (Lipinski definition) is 1. The molecular weight excluding hydrogens is 320 g/mol. The second-order valence-corrected chi connectivity index (χ2v) is 5.69. The highest BCUT2D eigenvalue weighted by atomic mass is 35.5. The summed E-state index contributed by atoms with van der Waals surface area (Å²) in [5.74, 6) is 1.03. The van der Waals surface area contributed by atoms with Gasteiger partial charge < -0.3 is 24.4 Å². The molecule has 6 nitrogen and oxygen atoms in total. The number of nitrogens with zero attached hydrogens (tertiary/aromatic N) is 1. The molecule has 1 fully saturated rings. The van der Waals surface area contributed by atoms with Crippen LogP contribution in [0, 0.1) is 0 Å². The molecule has 23 heavy (non-hydrogen) atoms. The number of piperidine rings is 1. The second-order valence-electron chi connectivity index (χ2n) is 5.28. The average molecular weight is 343 g/mol. The number of likely N-dealkylation sites (tertiary alicyclic amines) is 1. The van der Waals surface area contributed by atoms with Gasteiger partial charge in [0, 0.05) is 31.8 Å². The molecule has 1 aromatic rings. The molecule has 128 valence electrons. The van der Waals surface area contributed by atoms with Crippen molar-refractivity contribution in [2.24, 2.45) is 0 Å². The summed E-state index contributed by atoms with van der Waals surface area (Å²) in [5.41, 5.74) is 0.493. The van der Waals surface area contributed by atoms with Gasteiger partial charge in [-0.05, 0) is 19.8 Å². The van der Waals surface area contributed by atoms with Gasteiger partial charge in [-0.25, -0.2) is 4.79 Å². The highest BCUT2D eigenvalue weighted by Crippen LogP contribution is 2.36. The van der Waals surface area contributed by atoms with E-state index in [4.69, 9.17) is 25.8 Å². The molecule has 1 aliphatic heterocycles. The van der Waals surface area contributed by atoms with E-state index in [1.165, 1.54) is 14.2 Å². The van der Waals surface area contributed by atoms with Crippen molar-refractivity contribution >= 4 is 23.3 Å². The Hall–Kier alpha value is -1.66. The fourth-order valence-electron chi connectivity index (χ4n) is 2.64. The molecule has 1 aromatic carbocycles. The maximum absolute atomic E-state index is 12.5. The van der Waals surface area contributed by atoms with Crippen molar-refractivity contribution in [3.05, 3.63) is 17.2 Å². The van der Waals surface area contributed by atoms with Gasteiger partial charge in [-0.2, -0.15) is 0 Å². The molecule has 1 aliphatic rings. The summed E-state index contributed by atoms with van der Waals surface area (Å²) in [6, 6.07) is 3.08. The van der Waals surface area contributed by atoms with Crippen LogP contribution in [-0.4, -0.2) is 51.0 Å². The molecule has 0 aromatic heterocycles. The van der Waals surface area contributed by atoms with Crippen molar-refractivity contribution < 1.29 is 19.0 Å². The number of anilines is 1. The van der Waals surface area contributed by atoms with E-state index < -0.39 is 0 Å². The van der Waals surface area contributed by atoms with Crippen LogP contribution in [0.5, 0.6) is 11.5 Å². The fraction of sp³-hybridized carbons (Fsp3) is 0.562. The summed E-state index contributed by atoms with van der Waals surface area (Å²) in [6.45, 7) is 3.91. The predicted molar refractivity (Wildman–Crippen MR) is 89.8 cm³/mol. The second kappa shape index (κ2) is 8.26. The Balaban J connectivity index is 2.07. The first-order chi connectivity index (χ1) is 11.1. The van der Waals surface area contributed by atoms with E-state index in [1.54, 1.807) is 17.0 Å². The molecule has 0 saturated carbocycles. The Labute approximate surface area is 141 Å². The Morgan fingerprint density at radius 2 is 2.04 bits per heavy atom. The number of urea groups is 1. The van der Waals surface area contributed by atoms with Crippen LogP contribution in [0.2, 0.25) is 5.02 Å². The van der Waals surface area contributed by atoms with E-state index >= 15 is 0 Å². The third-order valence-corrected chi connectivity index (χ3v) is 4.10. The summed E-state index contributed by atoms with van der Waals surface area (Å²) in [7, 11) is 3.07. The van der Waals surface area contributed by atoms with Crippen molar-refractivity contribution in [2.75, 3.05) is 39.2 Å². The highest BCUT2D eigenvalue weighted by Gasteiger charge is 2.24. The fourth-order valence-corrected chi connectivity index (χ4v) is 2.84. The highest BCUT2D eigenvalue weighted by molar-refractivity contribution is 6.34. The van der Waals surface area contributed by atoms with Crippen molar-refractivity contribution in [3.8, 4) is 11.5 Å². The molecular formula is C16H23ClN2O4. The van der Waals surface area contributed by atoms with E-state index in [0.29, 0.717) is 41.9 Å². The molecule has 2 amide bonds.